The topological polar surface area (TPSA) is 171 Å². The predicted molar refractivity (Wildman–Crippen MR) is 95.2 cm³/mol. The molecule has 33 heavy (non-hydrogen) atoms. The second kappa shape index (κ2) is 8.93. The van der Waals surface area contributed by atoms with Crippen molar-refractivity contribution in [1.82, 2.24) is 0 Å². The second-order valence-corrected chi connectivity index (χ2v) is 8.51. The molecular formula is C16H10F4O11S2. The number of methoxy groups -OCH3 is 2. The maximum absolute atomic E-state index is 13.8. The third kappa shape index (κ3) is 4.90. The lowest BCUT2D eigenvalue weighted by atomic mass is 10.1. The lowest BCUT2D eigenvalue weighted by molar-refractivity contribution is 0.0389. The van der Waals surface area contributed by atoms with E-state index in [-0.39, 0.29) is 12.1 Å². The van der Waals surface area contributed by atoms with Crippen LogP contribution in [0.25, 0.3) is 0 Å². The molecule has 0 fully saturated rings. The van der Waals surface area contributed by atoms with Crippen molar-refractivity contribution in [3.05, 3.63) is 46.5 Å². The van der Waals surface area contributed by atoms with Crippen LogP contribution in [0.5, 0.6) is 11.5 Å². The molecule has 0 saturated carbocycles. The molecule has 17 heteroatoms. The van der Waals surface area contributed by atoms with Gasteiger partial charge in [0.05, 0.1) is 25.3 Å². The number of hydrogen-bond donors (Lipinski definition) is 2. The molecule has 0 atom stereocenters. The number of esters is 2. The van der Waals surface area contributed by atoms with Crippen LogP contribution in [0.3, 0.4) is 0 Å². The van der Waals surface area contributed by atoms with Crippen molar-refractivity contribution in [3.63, 3.8) is 0 Å². The maximum atomic E-state index is 13.8. The minimum Gasteiger partial charge on any atom is -0.492 e. The zero-order valence-corrected chi connectivity index (χ0v) is 17.7. The van der Waals surface area contributed by atoms with E-state index in [1.54, 1.807) is 0 Å². The summed E-state index contributed by atoms with van der Waals surface area (Å²) in [5.41, 5.74) is -2.99. The van der Waals surface area contributed by atoms with E-state index in [1.807, 2.05) is 0 Å². The molecule has 2 N–H and O–H groups in total. The summed E-state index contributed by atoms with van der Waals surface area (Å²) in [6.07, 6.45) is 0. The summed E-state index contributed by atoms with van der Waals surface area (Å²) in [5.74, 6) is -14.9. The number of hydrogen-bond acceptors (Lipinski definition) is 9. The van der Waals surface area contributed by atoms with E-state index >= 15 is 0 Å². The Morgan fingerprint density at radius 2 is 1.03 bits per heavy atom. The van der Waals surface area contributed by atoms with E-state index < -0.39 is 87.9 Å². The molecule has 0 spiro atoms. The van der Waals surface area contributed by atoms with Crippen LogP contribution in [0, 0.1) is 23.3 Å². The van der Waals surface area contributed by atoms with Crippen molar-refractivity contribution in [2.24, 2.45) is 0 Å². The Bertz CT molecular complexity index is 1280. The first kappa shape index (κ1) is 26.0. The van der Waals surface area contributed by atoms with Gasteiger partial charge in [-0.05, 0) is 12.1 Å². The molecule has 0 unspecified atom stereocenters. The maximum Gasteiger partial charge on any atom is 0.347 e. The van der Waals surface area contributed by atoms with Gasteiger partial charge in [-0.25, -0.2) is 18.4 Å². The van der Waals surface area contributed by atoms with E-state index in [0.717, 1.165) is 0 Å². The summed E-state index contributed by atoms with van der Waals surface area (Å²) in [7, 11) is -9.77. The van der Waals surface area contributed by atoms with Crippen LogP contribution in [0.1, 0.15) is 20.7 Å². The fourth-order valence-corrected chi connectivity index (χ4v) is 4.20. The molecule has 180 valence electrons. The Labute approximate surface area is 182 Å². The fraction of sp³-hybridized carbons (Fsp3) is 0.125. The minimum atomic E-state index is -5.52. The number of halogens is 4. The van der Waals surface area contributed by atoms with E-state index in [1.165, 1.54) is 0 Å². The van der Waals surface area contributed by atoms with Crippen molar-refractivity contribution in [1.29, 1.82) is 0 Å². The van der Waals surface area contributed by atoms with Crippen LogP contribution in [0.2, 0.25) is 0 Å². The van der Waals surface area contributed by atoms with Gasteiger partial charge in [0.15, 0.2) is 32.9 Å². The van der Waals surface area contributed by atoms with Crippen molar-refractivity contribution in [3.8, 4) is 11.5 Å². The molecule has 0 heterocycles. The Kier molecular flexibility index (Phi) is 7.03. The van der Waals surface area contributed by atoms with Gasteiger partial charge in [-0.15, -0.1) is 0 Å². The van der Waals surface area contributed by atoms with E-state index in [2.05, 4.69) is 14.2 Å². The Morgan fingerprint density at radius 3 is 1.27 bits per heavy atom. The predicted octanol–water partition coefficient (Wildman–Crippen LogP) is 1.75. The van der Waals surface area contributed by atoms with Crippen molar-refractivity contribution < 1.29 is 67.3 Å². The third-order valence-electron chi connectivity index (χ3n) is 3.81. The Balaban J connectivity index is 2.71. The van der Waals surface area contributed by atoms with Gasteiger partial charge in [-0.3, -0.25) is 9.11 Å². The molecule has 0 saturated heterocycles. The Hall–Kier alpha value is -3.28. The SMILES string of the molecule is COc1c(F)c(F)cc(C(=O)OC(=O)c2cc(F)c(F)c(OC)c2S(=O)(=O)O)c1S(=O)(=O)O. The van der Waals surface area contributed by atoms with Crippen LogP contribution < -0.4 is 9.47 Å². The van der Waals surface area contributed by atoms with E-state index in [0.29, 0.717) is 14.2 Å². The highest BCUT2D eigenvalue weighted by Crippen LogP contribution is 2.35. The zero-order valence-electron chi connectivity index (χ0n) is 16.1. The van der Waals surface area contributed by atoms with Gasteiger partial charge < -0.3 is 14.2 Å². The van der Waals surface area contributed by atoms with Gasteiger partial charge in [-0.2, -0.15) is 25.6 Å². The molecule has 2 aromatic rings. The average molecular weight is 518 g/mol. The second-order valence-electron chi connectivity index (χ2n) is 5.79. The molecule has 11 nitrogen and oxygen atoms in total. The summed E-state index contributed by atoms with van der Waals surface area (Å²) < 4.78 is 133. The Morgan fingerprint density at radius 1 is 0.727 bits per heavy atom. The number of ether oxygens (including phenoxy) is 3. The molecule has 0 aliphatic heterocycles. The molecule has 0 radical (unpaired) electrons. The normalized spacial score (nSPS) is 11.8. The molecule has 2 rings (SSSR count). The van der Waals surface area contributed by atoms with Gasteiger partial charge in [0, 0.05) is 0 Å². The molecule has 0 aromatic heterocycles. The van der Waals surface area contributed by atoms with Crippen LogP contribution in [-0.4, -0.2) is 52.1 Å². The summed E-state index contributed by atoms with van der Waals surface area (Å²) in [6, 6.07) is -0.210. The highest BCUT2D eigenvalue weighted by atomic mass is 32.2. The molecule has 0 aliphatic carbocycles. The zero-order chi connectivity index (χ0) is 25.5. The summed E-state index contributed by atoms with van der Waals surface area (Å²) in [6.45, 7) is 0. The quantitative estimate of drug-likeness (QED) is 0.247. The first-order valence-corrected chi connectivity index (χ1v) is 10.8. The molecule has 0 amide bonds. The number of carbonyl (C=O) groups is 2. The van der Waals surface area contributed by atoms with Crippen LogP contribution in [-0.2, 0) is 25.0 Å². The van der Waals surface area contributed by atoms with Crippen LogP contribution in [0.4, 0.5) is 17.6 Å². The summed E-state index contributed by atoms with van der Waals surface area (Å²) in [4.78, 5) is 21.3. The number of benzene rings is 2. The van der Waals surface area contributed by atoms with Gasteiger partial charge in [0.25, 0.3) is 20.2 Å². The molecule has 0 bridgehead atoms. The minimum absolute atomic E-state index is 0.105. The standard InChI is InChI=1S/C16H10F4O11S2/c1-29-11-9(19)7(17)3-5(13(11)32(23,24)25)15(21)31-16(22)6-4-8(18)10(20)12(30-2)14(6)33(26,27)28/h3-4H,1-2H3,(H,23,24,25)(H,26,27,28). The highest BCUT2D eigenvalue weighted by Gasteiger charge is 2.35. The van der Waals surface area contributed by atoms with Gasteiger partial charge in [0.1, 0.15) is 0 Å². The lowest BCUT2D eigenvalue weighted by Crippen LogP contribution is -2.20. The molecule has 0 aliphatic rings. The molecule has 2 aromatic carbocycles. The van der Waals surface area contributed by atoms with Crippen molar-refractivity contribution >= 4 is 32.2 Å². The van der Waals surface area contributed by atoms with E-state index in [9.17, 15) is 53.1 Å². The third-order valence-corrected chi connectivity index (χ3v) is 5.65. The highest BCUT2D eigenvalue weighted by molar-refractivity contribution is 7.86. The van der Waals surface area contributed by atoms with Crippen molar-refractivity contribution in [2.45, 2.75) is 9.79 Å². The summed E-state index contributed by atoms with van der Waals surface area (Å²) in [5, 5.41) is 0. The largest absolute Gasteiger partial charge is 0.492 e. The summed E-state index contributed by atoms with van der Waals surface area (Å²) >= 11 is 0. The van der Waals surface area contributed by atoms with Gasteiger partial charge in [-0.1, -0.05) is 0 Å². The lowest BCUT2D eigenvalue weighted by Gasteiger charge is -2.14. The smallest absolute Gasteiger partial charge is 0.347 e. The van der Waals surface area contributed by atoms with Crippen LogP contribution in [0.15, 0.2) is 21.9 Å². The first-order chi connectivity index (χ1) is 15.1. The number of carbonyl (C=O) groups excluding carboxylic acids is 2. The molecular weight excluding hydrogens is 508 g/mol. The van der Waals surface area contributed by atoms with E-state index in [4.69, 9.17) is 0 Å². The van der Waals surface area contributed by atoms with Crippen LogP contribution >= 0.6 is 0 Å². The monoisotopic (exact) mass is 518 g/mol. The fourth-order valence-electron chi connectivity index (χ4n) is 2.55. The van der Waals surface area contributed by atoms with Gasteiger partial charge >= 0.3 is 11.9 Å². The number of rotatable bonds is 6. The average Bonchev–Trinajstić information content (AvgIpc) is 2.69. The van der Waals surface area contributed by atoms with Crippen molar-refractivity contribution in [2.75, 3.05) is 14.2 Å². The first-order valence-electron chi connectivity index (χ1n) is 7.89. The van der Waals surface area contributed by atoms with Gasteiger partial charge in [0.2, 0.25) is 11.6 Å².